The highest BCUT2D eigenvalue weighted by Crippen LogP contribution is 2.38. The second-order valence-corrected chi connectivity index (χ2v) is 6.32. The second kappa shape index (κ2) is 7.91. The van der Waals surface area contributed by atoms with Crippen LogP contribution in [-0.2, 0) is 16.1 Å². The van der Waals surface area contributed by atoms with Crippen molar-refractivity contribution in [3.8, 4) is 0 Å². The third-order valence-corrected chi connectivity index (χ3v) is 4.67. The Bertz CT molecular complexity index is 759. The first-order chi connectivity index (χ1) is 12.5. The lowest BCUT2D eigenvalue weighted by molar-refractivity contribution is -0.149. The molecule has 1 heterocycles. The Morgan fingerprint density at radius 1 is 1.12 bits per heavy atom. The summed E-state index contributed by atoms with van der Waals surface area (Å²) in [6.45, 7) is 2.42. The van der Waals surface area contributed by atoms with Crippen LogP contribution in [0.4, 0.5) is 13.2 Å². The number of hydrogen-bond donors (Lipinski definition) is 0. The van der Waals surface area contributed by atoms with E-state index in [9.17, 15) is 18.0 Å². The predicted octanol–water partition coefficient (Wildman–Crippen LogP) is 4.37. The summed E-state index contributed by atoms with van der Waals surface area (Å²) < 4.78 is 45.9. The maximum Gasteiger partial charge on any atom is 0.323 e. The van der Waals surface area contributed by atoms with E-state index in [0.29, 0.717) is 24.9 Å². The lowest BCUT2D eigenvalue weighted by Gasteiger charge is -2.29. The summed E-state index contributed by atoms with van der Waals surface area (Å²) in [5, 5.41) is 0. The van der Waals surface area contributed by atoms with Crippen LogP contribution < -0.4 is 0 Å². The Balaban J connectivity index is 1.93. The van der Waals surface area contributed by atoms with E-state index < -0.39 is 29.5 Å². The molecule has 2 unspecified atom stereocenters. The van der Waals surface area contributed by atoms with Gasteiger partial charge in [-0.1, -0.05) is 30.3 Å². The minimum absolute atomic E-state index is 0.263. The molecular formula is C20H20F3NO2. The van der Waals surface area contributed by atoms with Crippen molar-refractivity contribution in [3.05, 3.63) is 71.0 Å². The fourth-order valence-corrected chi connectivity index (χ4v) is 3.50. The molecule has 6 heteroatoms. The van der Waals surface area contributed by atoms with Crippen molar-refractivity contribution in [3.63, 3.8) is 0 Å². The van der Waals surface area contributed by atoms with Crippen LogP contribution in [0.5, 0.6) is 0 Å². The van der Waals surface area contributed by atoms with Gasteiger partial charge in [0.15, 0.2) is 17.5 Å². The quantitative estimate of drug-likeness (QED) is 0.583. The van der Waals surface area contributed by atoms with Crippen molar-refractivity contribution in [1.82, 2.24) is 4.90 Å². The molecule has 1 aliphatic heterocycles. The zero-order valence-corrected chi connectivity index (χ0v) is 14.4. The minimum Gasteiger partial charge on any atom is -0.465 e. The number of rotatable bonds is 5. The number of esters is 1. The van der Waals surface area contributed by atoms with Gasteiger partial charge in [-0.2, -0.15) is 0 Å². The standard InChI is InChI=1S/C20H20F3NO2/c1-2-26-20(25)18-9-8-17(14-10-15(21)19(23)16(22)11-14)24(18)12-13-6-4-3-5-7-13/h3-7,10-11,17-18H,2,8-9,12H2,1H3. The van der Waals surface area contributed by atoms with Crippen LogP contribution in [-0.4, -0.2) is 23.5 Å². The molecule has 1 saturated heterocycles. The molecule has 2 aromatic carbocycles. The van der Waals surface area contributed by atoms with Gasteiger partial charge in [0.05, 0.1) is 6.61 Å². The van der Waals surface area contributed by atoms with Gasteiger partial charge in [0.25, 0.3) is 0 Å². The van der Waals surface area contributed by atoms with Gasteiger partial charge in [0.1, 0.15) is 6.04 Å². The fraction of sp³-hybridized carbons (Fsp3) is 0.350. The molecule has 0 radical (unpaired) electrons. The maximum atomic E-state index is 13.7. The number of likely N-dealkylation sites (tertiary alicyclic amines) is 1. The van der Waals surface area contributed by atoms with E-state index in [2.05, 4.69) is 0 Å². The Morgan fingerprint density at radius 2 is 1.77 bits per heavy atom. The molecule has 26 heavy (non-hydrogen) atoms. The number of hydrogen-bond acceptors (Lipinski definition) is 3. The zero-order chi connectivity index (χ0) is 18.7. The highest BCUT2D eigenvalue weighted by Gasteiger charge is 2.39. The number of benzene rings is 2. The van der Waals surface area contributed by atoms with E-state index in [4.69, 9.17) is 4.74 Å². The van der Waals surface area contributed by atoms with Crippen LogP contribution in [0, 0.1) is 17.5 Å². The van der Waals surface area contributed by atoms with Crippen LogP contribution in [0.25, 0.3) is 0 Å². The predicted molar refractivity (Wildman–Crippen MR) is 90.7 cm³/mol. The second-order valence-electron chi connectivity index (χ2n) is 6.32. The number of carbonyl (C=O) groups excluding carboxylic acids is 1. The minimum atomic E-state index is -1.48. The normalized spacial score (nSPS) is 20.3. The molecule has 2 atom stereocenters. The van der Waals surface area contributed by atoms with E-state index in [1.54, 1.807) is 6.92 Å². The molecule has 0 bridgehead atoms. The van der Waals surface area contributed by atoms with Gasteiger partial charge >= 0.3 is 5.97 Å². The molecule has 1 fully saturated rings. The molecule has 3 rings (SSSR count). The van der Waals surface area contributed by atoms with Gasteiger partial charge in [-0.15, -0.1) is 0 Å². The first-order valence-corrected chi connectivity index (χ1v) is 8.62. The van der Waals surface area contributed by atoms with Gasteiger partial charge in [0, 0.05) is 12.6 Å². The lowest BCUT2D eigenvalue weighted by atomic mass is 10.0. The Morgan fingerprint density at radius 3 is 2.38 bits per heavy atom. The smallest absolute Gasteiger partial charge is 0.323 e. The van der Waals surface area contributed by atoms with Gasteiger partial charge in [0.2, 0.25) is 0 Å². The van der Waals surface area contributed by atoms with Gasteiger partial charge in [-0.25, -0.2) is 13.2 Å². The molecule has 2 aromatic rings. The van der Waals surface area contributed by atoms with Gasteiger partial charge in [-0.3, -0.25) is 9.69 Å². The average Bonchev–Trinajstić information content (AvgIpc) is 3.04. The number of nitrogens with zero attached hydrogens (tertiary/aromatic N) is 1. The summed E-state index contributed by atoms with van der Waals surface area (Å²) in [6.07, 6.45) is 1.04. The van der Waals surface area contributed by atoms with Crippen LogP contribution in [0.2, 0.25) is 0 Å². The number of halogens is 3. The summed E-state index contributed by atoms with van der Waals surface area (Å²) in [6, 6.07) is 10.6. The number of carbonyl (C=O) groups is 1. The van der Waals surface area contributed by atoms with E-state index in [-0.39, 0.29) is 12.6 Å². The third kappa shape index (κ3) is 3.75. The van der Waals surface area contributed by atoms with Gasteiger partial charge < -0.3 is 4.74 Å². The van der Waals surface area contributed by atoms with Crippen LogP contribution >= 0.6 is 0 Å². The van der Waals surface area contributed by atoms with E-state index in [0.717, 1.165) is 17.7 Å². The Hall–Kier alpha value is -2.34. The highest BCUT2D eigenvalue weighted by molar-refractivity contribution is 5.76. The van der Waals surface area contributed by atoms with Crippen molar-refractivity contribution in [2.75, 3.05) is 6.61 Å². The highest BCUT2D eigenvalue weighted by atomic mass is 19.2. The maximum absolute atomic E-state index is 13.7. The zero-order valence-electron chi connectivity index (χ0n) is 14.4. The van der Waals surface area contributed by atoms with Crippen LogP contribution in [0.3, 0.4) is 0 Å². The van der Waals surface area contributed by atoms with Crippen LogP contribution in [0.1, 0.15) is 36.9 Å². The molecular weight excluding hydrogens is 343 g/mol. The molecule has 0 amide bonds. The van der Waals surface area contributed by atoms with E-state index in [1.807, 2.05) is 35.2 Å². The fourth-order valence-electron chi connectivity index (χ4n) is 3.50. The SMILES string of the molecule is CCOC(=O)C1CCC(c2cc(F)c(F)c(F)c2)N1Cc1ccccc1. The summed E-state index contributed by atoms with van der Waals surface area (Å²) in [5.74, 6) is -4.28. The molecule has 0 aromatic heterocycles. The van der Waals surface area contributed by atoms with Crippen molar-refractivity contribution < 1.29 is 22.7 Å². The molecule has 1 aliphatic rings. The summed E-state index contributed by atoms with van der Waals surface area (Å²) in [7, 11) is 0. The molecule has 3 nitrogen and oxygen atoms in total. The van der Waals surface area contributed by atoms with Crippen molar-refractivity contribution in [1.29, 1.82) is 0 Å². The van der Waals surface area contributed by atoms with Crippen molar-refractivity contribution >= 4 is 5.97 Å². The third-order valence-electron chi connectivity index (χ3n) is 4.67. The largest absolute Gasteiger partial charge is 0.465 e. The Kier molecular flexibility index (Phi) is 5.61. The lowest BCUT2D eigenvalue weighted by Crippen LogP contribution is -2.38. The topological polar surface area (TPSA) is 29.5 Å². The first kappa shape index (κ1) is 18.5. The molecule has 0 spiro atoms. The van der Waals surface area contributed by atoms with Crippen molar-refractivity contribution in [2.24, 2.45) is 0 Å². The summed E-state index contributed by atoms with van der Waals surface area (Å²) in [5.41, 5.74) is 1.29. The van der Waals surface area contributed by atoms with Crippen LogP contribution in [0.15, 0.2) is 42.5 Å². The molecule has 138 valence electrons. The monoisotopic (exact) mass is 363 g/mol. The average molecular weight is 363 g/mol. The summed E-state index contributed by atoms with van der Waals surface area (Å²) >= 11 is 0. The van der Waals surface area contributed by atoms with Gasteiger partial charge in [-0.05, 0) is 43.0 Å². The van der Waals surface area contributed by atoms with E-state index in [1.165, 1.54) is 0 Å². The number of ether oxygens (including phenoxy) is 1. The molecule has 0 saturated carbocycles. The molecule has 0 N–H and O–H groups in total. The first-order valence-electron chi connectivity index (χ1n) is 8.62. The van der Waals surface area contributed by atoms with E-state index >= 15 is 0 Å². The Labute approximate surface area is 150 Å². The van der Waals surface area contributed by atoms with Crippen molar-refractivity contribution in [2.45, 2.75) is 38.4 Å². The molecule has 0 aliphatic carbocycles. The summed E-state index contributed by atoms with van der Waals surface area (Å²) in [4.78, 5) is 14.2.